The molecule has 9 heteroatoms. The van der Waals surface area contributed by atoms with Gasteiger partial charge in [0, 0.05) is 31.1 Å². The first kappa shape index (κ1) is 25.0. The van der Waals surface area contributed by atoms with Crippen molar-refractivity contribution in [3.63, 3.8) is 0 Å². The van der Waals surface area contributed by atoms with Crippen molar-refractivity contribution in [3.05, 3.63) is 84.2 Å². The van der Waals surface area contributed by atoms with Crippen molar-refractivity contribution in [1.82, 2.24) is 14.3 Å². The highest BCUT2D eigenvalue weighted by Gasteiger charge is 2.31. The van der Waals surface area contributed by atoms with E-state index in [2.05, 4.69) is 15.3 Å². The average molecular weight is 519 g/mol. The van der Waals surface area contributed by atoms with Crippen molar-refractivity contribution in [3.8, 4) is 5.75 Å². The number of piperidine rings is 1. The van der Waals surface area contributed by atoms with Crippen molar-refractivity contribution in [1.29, 1.82) is 0 Å². The van der Waals surface area contributed by atoms with Crippen LogP contribution in [0, 0.1) is 0 Å². The SMILES string of the molecule is COc1ccc(CCC(=O)Nc2ccc(S(=O)(=O)N3CCC(c4nc5ccccc5[nH]4)CC3)cc2)cc1. The zero-order chi connectivity index (χ0) is 25.8. The fraction of sp³-hybridized carbons (Fsp3) is 0.286. The summed E-state index contributed by atoms with van der Waals surface area (Å²) in [7, 11) is -1.99. The van der Waals surface area contributed by atoms with Crippen LogP contribution in [-0.2, 0) is 21.2 Å². The van der Waals surface area contributed by atoms with Gasteiger partial charge in [-0.25, -0.2) is 13.4 Å². The summed E-state index contributed by atoms with van der Waals surface area (Å²) in [4.78, 5) is 20.7. The topological polar surface area (TPSA) is 104 Å². The van der Waals surface area contributed by atoms with Gasteiger partial charge in [0.15, 0.2) is 0 Å². The Bertz CT molecular complexity index is 1440. The van der Waals surface area contributed by atoms with Crippen LogP contribution in [0.15, 0.2) is 77.7 Å². The molecule has 1 amide bonds. The van der Waals surface area contributed by atoms with Gasteiger partial charge in [-0.2, -0.15) is 4.31 Å². The fourth-order valence-corrected chi connectivity index (χ4v) is 6.14. The second-order valence-corrected chi connectivity index (χ2v) is 11.2. The third-order valence-corrected chi connectivity index (χ3v) is 8.74. The van der Waals surface area contributed by atoms with E-state index in [1.807, 2.05) is 48.5 Å². The molecular formula is C28H30N4O4S. The third kappa shape index (κ3) is 5.68. The van der Waals surface area contributed by atoms with E-state index in [1.165, 1.54) is 4.31 Å². The largest absolute Gasteiger partial charge is 0.497 e. The fourth-order valence-electron chi connectivity index (χ4n) is 4.67. The molecule has 0 radical (unpaired) electrons. The number of nitrogens with zero attached hydrogens (tertiary/aromatic N) is 2. The van der Waals surface area contributed by atoms with Gasteiger partial charge >= 0.3 is 0 Å². The Morgan fingerprint density at radius 1 is 1.03 bits per heavy atom. The zero-order valence-corrected chi connectivity index (χ0v) is 21.5. The number of ether oxygens (including phenoxy) is 1. The zero-order valence-electron chi connectivity index (χ0n) is 20.7. The van der Waals surface area contributed by atoms with Crippen LogP contribution in [0.2, 0.25) is 0 Å². The first-order valence-corrected chi connectivity index (χ1v) is 13.8. The molecule has 4 aromatic rings. The Balaban J connectivity index is 1.15. The summed E-state index contributed by atoms with van der Waals surface area (Å²) < 4.78 is 33.1. The molecule has 2 N–H and O–H groups in total. The highest BCUT2D eigenvalue weighted by atomic mass is 32.2. The minimum atomic E-state index is -3.61. The maximum atomic E-state index is 13.2. The number of methoxy groups -OCH3 is 1. The summed E-state index contributed by atoms with van der Waals surface area (Å²) in [6.45, 7) is 0.877. The second-order valence-electron chi connectivity index (χ2n) is 9.24. The number of nitrogens with one attached hydrogen (secondary N) is 2. The van der Waals surface area contributed by atoms with Crippen LogP contribution in [0.1, 0.15) is 36.6 Å². The van der Waals surface area contributed by atoms with Gasteiger partial charge in [-0.15, -0.1) is 0 Å². The van der Waals surface area contributed by atoms with Crippen LogP contribution in [0.4, 0.5) is 5.69 Å². The number of benzene rings is 3. The maximum Gasteiger partial charge on any atom is 0.243 e. The number of aromatic nitrogens is 2. The minimum Gasteiger partial charge on any atom is -0.497 e. The van der Waals surface area contributed by atoms with Crippen LogP contribution in [0.25, 0.3) is 11.0 Å². The van der Waals surface area contributed by atoms with E-state index in [0.29, 0.717) is 44.5 Å². The van der Waals surface area contributed by atoms with E-state index in [1.54, 1.807) is 31.4 Å². The van der Waals surface area contributed by atoms with Crippen LogP contribution in [0.5, 0.6) is 5.75 Å². The summed E-state index contributed by atoms with van der Waals surface area (Å²) in [5.74, 6) is 1.78. The number of rotatable bonds is 8. The monoisotopic (exact) mass is 518 g/mol. The molecule has 3 aromatic carbocycles. The molecule has 192 valence electrons. The quantitative estimate of drug-likeness (QED) is 0.352. The second kappa shape index (κ2) is 10.7. The van der Waals surface area contributed by atoms with Gasteiger partial charge in [0.25, 0.3) is 0 Å². The lowest BCUT2D eigenvalue weighted by Crippen LogP contribution is -2.38. The lowest BCUT2D eigenvalue weighted by molar-refractivity contribution is -0.116. The van der Waals surface area contributed by atoms with Crippen molar-refractivity contribution in [2.75, 3.05) is 25.5 Å². The number of hydrogen-bond donors (Lipinski definition) is 2. The molecule has 1 aromatic heterocycles. The standard InChI is InChI=1S/C28H30N4O4S/c1-36-23-11-6-20(7-12-23)8-15-27(33)29-22-9-13-24(14-10-22)37(34,35)32-18-16-21(17-19-32)28-30-25-4-2-3-5-26(25)31-28/h2-7,9-14,21H,8,15-19H2,1H3,(H,29,33)(H,30,31). The number of anilines is 1. The Kier molecular flexibility index (Phi) is 7.25. The molecule has 1 aliphatic rings. The van der Waals surface area contributed by atoms with E-state index < -0.39 is 10.0 Å². The maximum absolute atomic E-state index is 13.2. The number of sulfonamides is 1. The molecule has 5 rings (SSSR count). The molecule has 0 unspecified atom stereocenters. The van der Waals surface area contributed by atoms with Gasteiger partial charge in [-0.1, -0.05) is 24.3 Å². The number of aryl methyl sites for hydroxylation is 1. The average Bonchev–Trinajstić information content (AvgIpc) is 3.37. The van der Waals surface area contributed by atoms with E-state index in [-0.39, 0.29) is 16.7 Å². The number of aromatic amines is 1. The molecule has 8 nitrogen and oxygen atoms in total. The Labute approximate surface area is 216 Å². The smallest absolute Gasteiger partial charge is 0.243 e. The number of amides is 1. The predicted octanol–water partition coefficient (Wildman–Crippen LogP) is 4.71. The molecule has 2 heterocycles. The van der Waals surface area contributed by atoms with E-state index in [9.17, 15) is 13.2 Å². The Hall–Kier alpha value is -3.69. The highest BCUT2D eigenvalue weighted by molar-refractivity contribution is 7.89. The van der Waals surface area contributed by atoms with Gasteiger partial charge < -0.3 is 15.0 Å². The summed E-state index contributed by atoms with van der Waals surface area (Å²) in [5.41, 5.74) is 3.55. The summed E-state index contributed by atoms with van der Waals surface area (Å²) in [6.07, 6.45) is 2.35. The van der Waals surface area contributed by atoms with Crippen molar-refractivity contribution in [2.45, 2.75) is 36.5 Å². The molecule has 0 aliphatic carbocycles. The van der Waals surface area contributed by atoms with E-state index in [4.69, 9.17) is 4.74 Å². The first-order chi connectivity index (χ1) is 17.9. The summed E-state index contributed by atoms with van der Waals surface area (Å²) in [5, 5.41) is 2.85. The van der Waals surface area contributed by atoms with Crippen LogP contribution in [-0.4, -0.2) is 48.8 Å². The molecule has 0 bridgehead atoms. The lowest BCUT2D eigenvalue weighted by atomic mass is 9.97. The molecule has 0 saturated carbocycles. The molecule has 1 saturated heterocycles. The van der Waals surface area contributed by atoms with Crippen molar-refractivity contribution in [2.24, 2.45) is 0 Å². The highest BCUT2D eigenvalue weighted by Crippen LogP contribution is 2.30. The molecule has 0 spiro atoms. The molecular weight excluding hydrogens is 488 g/mol. The molecule has 1 aliphatic heterocycles. The van der Waals surface area contributed by atoms with Crippen LogP contribution < -0.4 is 10.1 Å². The third-order valence-electron chi connectivity index (χ3n) is 6.82. The van der Waals surface area contributed by atoms with Gasteiger partial charge in [0.2, 0.25) is 15.9 Å². The number of para-hydroxylation sites is 2. The Morgan fingerprint density at radius 3 is 2.41 bits per heavy atom. The minimum absolute atomic E-state index is 0.126. The normalized spacial score (nSPS) is 15.1. The molecule has 37 heavy (non-hydrogen) atoms. The number of H-pyrrole nitrogens is 1. The van der Waals surface area contributed by atoms with Gasteiger partial charge in [-0.3, -0.25) is 4.79 Å². The number of carbonyl (C=O) groups excluding carboxylic acids is 1. The van der Waals surface area contributed by atoms with Crippen molar-refractivity contribution < 1.29 is 17.9 Å². The molecule has 0 atom stereocenters. The van der Waals surface area contributed by atoms with Gasteiger partial charge in [0.1, 0.15) is 11.6 Å². The number of imidazole rings is 1. The number of carbonyl (C=O) groups is 1. The van der Waals surface area contributed by atoms with Crippen LogP contribution >= 0.6 is 0 Å². The Morgan fingerprint density at radius 2 is 1.73 bits per heavy atom. The summed E-state index contributed by atoms with van der Waals surface area (Å²) >= 11 is 0. The molecule has 1 fully saturated rings. The van der Waals surface area contributed by atoms with Crippen LogP contribution in [0.3, 0.4) is 0 Å². The number of hydrogen-bond acceptors (Lipinski definition) is 5. The predicted molar refractivity (Wildman–Crippen MR) is 143 cm³/mol. The summed E-state index contributed by atoms with van der Waals surface area (Å²) in [6, 6.07) is 21.9. The van der Waals surface area contributed by atoms with E-state index in [0.717, 1.165) is 28.2 Å². The lowest BCUT2D eigenvalue weighted by Gasteiger charge is -2.30. The van der Waals surface area contributed by atoms with E-state index >= 15 is 0 Å². The number of fused-ring (bicyclic) bond motifs is 1. The van der Waals surface area contributed by atoms with Gasteiger partial charge in [-0.05, 0) is 73.4 Å². The first-order valence-electron chi connectivity index (χ1n) is 12.4. The van der Waals surface area contributed by atoms with Crippen molar-refractivity contribution >= 4 is 32.7 Å². The van der Waals surface area contributed by atoms with Gasteiger partial charge in [0.05, 0.1) is 23.0 Å².